The van der Waals surface area contributed by atoms with Gasteiger partial charge in [0.15, 0.2) is 5.03 Å². The maximum atomic E-state index is 12.4. The average molecular weight is 387 g/mol. The minimum absolute atomic E-state index is 0.112. The first-order chi connectivity index (χ1) is 13.6. The van der Waals surface area contributed by atoms with Crippen LogP contribution in [0, 0.1) is 10.1 Å². The van der Waals surface area contributed by atoms with Crippen LogP contribution in [0.4, 0.5) is 0 Å². The molecule has 1 atom stereocenters. The quantitative estimate of drug-likeness (QED) is 0.429. The lowest BCUT2D eigenvalue weighted by molar-refractivity contribution is -0.486. The summed E-state index contributed by atoms with van der Waals surface area (Å²) in [5.41, 5.74) is 0.986. The Morgan fingerprint density at radius 2 is 2.14 bits per heavy atom. The van der Waals surface area contributed by atoms with Crippen molar-refractivity contribution in [2.45, 2.75) is 19.0 Å². The highest BCUT2D eigenvalue weighted by Gasteiger charge is 2.34. The highest BCUT2D eigenvalue weighted by atomic mass is 16.7. The zero-order valence-electron chi connectivity index (χ0n) is 15.4. The van der Waals surface area contributed by atoms with Crippen LogP contribution in [-0.2, 0) is 22.5 Å². The van der Waals surface area contributed by atoms with Gasteiger partial charge < -0.3 is 19.4 Å². The molecular weight excluding hydrogens is 366 g/mol. The Hall–Kier alpha value is -3.40. The summed E-state index contributed by atoms with van der Waals surface area (Å²) in [6.07, 6.45) is 1.98. The molecular formula is C18H21N5O5. The molecule has 1 fully saturated rings. The van der Waals surface area contributed by atoms with Crippen LogP contribution in [0.3, 0.4) is 0 Å². The molecule has 1 aromatic heterocycles. The number of benzene rings is 1. The molecule has 0 amide bonds. The number of rotatable bonds is 7. The first kappa shape index (κ1) is 19.4. The van der Waals surface area contributed by atoms with Crippen LogP contribution < -0.4 is 5.32 Å². The number of ether oxygens (including phenoxy) is 1. The topological polar surface area (TPSA) is 113 Å². The van der Waals surface area contributed by atoms with Gasteiger partial charge in [0.2, 0.25) is 0 Å². The van der Waals surface area contributed by atoms with E-state index in [4.69, 9.17) is 9.15 Å². The minimum atomic E-state index is -0.755. The van der Waals surface area contributed by atoms with E-state index in [0.717, 1.165) is 5.56 Å². The molecule has 1 saturated heterocycles. The molecule has 10 nitrogen and oxygen atoms in total. The molecule has 1 aliphatic heterocycles. The van der Waals surface area contributed by atoms with Gasteiger partial charge >= 0.3 is 5.97 Å². The second-order valence-electron chi connectivity index (χ2n) is 6.23. The van der Waals surface area contributed by atoms with Crippen LogP contribution in [0.5, 0.6) is 0 Å². The van der Waals surface area contributed by atoms with Crippen molar-refractivity contribution in [1.29, 1.82) is 0 Å². The molecule has 0 aliphatic carbocycles. The zero-order valence-corrected chi connectivity index (χ0v) is 15.4. The third kappa shape index (κ3) is 4.86. The van der Waals surface area contributed by atoms with Crippen LogP contribution in [0.1, 0.15) is 11.3 Å². The summed E-state index contributed by atoms with van der Waals surface area (Å²) in [4.78, 5) is 26.8. The van der Waals surface area contributed by atoms with Crippen molar-refractivity contribution < 1.29 is 19.0 Å². The highest BCUT2D eigenvalue weighted by molar-refractivity contribution is 5.80. The normalized spacial score (nSPS) is 17.2. The summed E-state index contributed by atoms with van der Waals surface area (Å²) in [5.74, 6) is 0.358. The number of methoxy groups -OCH3 is 1. The number of hydrogen-bond donors (Lipinski definition) is 1. The average Bonchev–Trinajstić information content (AvgIpc) is 3.20. The summed E-state index contributed by atoms with van der Waals surface area (Å²) in [6, 6.07) is 12.5. The predicted molar refractivity (Wildman–Crippen MR) is 99.3 cm³/mol. The third-order valence-electron chi connectivity index (χ3n) is 4.38. The maximum absolute atomic E-state index is 12.4. The Morgan fingerprint density at radius 3 is 2.79 bits per heavy atom. The molecule has 2 aromatic rings. The van der Waals surface area contributed by atoms with Crippen molar-refractivity contribution in [2.75, 3.05) is 20.4 Å². The summed E-state index contributed by atoms with van der Waals surface area (Å²) < 4.78 is 10.3. The molecule has 0 saturated carbocycles. The van der Waals surface area contributed by atoms with Gasteiger partial charge in [0.25, 0.3) is 5.96 Å². The fourth-order valence-electron chi connectivity index (χ4n) is 3.06. The Morgan fingerprint density at radius 1 is 1.36 bits per heavy atom. The van der Waals surface area contributed by atoms with Gasteiger partial charge in [0.05, 0.1) is 33.3 Å². The fourth-order valence-corrected chi connectivity index (χ4v) is 3.06. The molecule has 28 heavy (non-hydrogen) atoms. The number of nitrogens with zero attached hydrogens (tertiary/aromatic N) is 4. The van der Waals surface area contributed by atoms with Crippen molar-refractivity contribution in [3.8, 4) is 0 Å². The smallest absolute Gasteiger partial charge is 0.323 e. The van der Waals surface area contributed by atoms with Crippen molar-refractivity contribution in [3.05, 3.63) is 70.2 Å². The number of furan rings is 1. The molecule has 3 rings (SSSR count). The van der Waals surface area contributed by atoms with Gasteiger partial charge in [-0.15, -0.1) is 0 Å². The highest BCUT2D eigenvalue weighted by Crippen LogP contribution is 2.16. The van der Waals surface area contributed by atoms with E-state index in [1.165, 1.54) is 13.4 Å². The first-order valence-electron chi connectivity index (χ1n) is 8.67. The number of guanidine groups is 1. The molecule has 1 N–H and O–H groups in total. The monoisotopic (exact) mass is 387 g/mol. The number of hydrogen-bond acceptors (Lipinski definition) is 6. The zero-order chi connectivity index (χ0) is 19.9. The lowest BCUT2D eigenvalue weighted by Gasteiger charge is -2.39. The SMILES string of the molecule is COC(=O)C(Cc1ccccc1)N1CN/C(=N\[N+](=O)[O-])N(Cc2ccco2)C1. The molecule has 10 heteroatoms. The predicted octanol–water partition coefficient (Wildman–Crippen LogP) is 1.23. The van der Waals surface area contributed by atoms with Crippen LogP contribution in [-0.4, -0.2) is 53.3 Å². The number of carbonyl (C=O) groups excluding carboxylic acids is 1. The molecule has 0 radical (unpaired) electrons. The second kappa shape index (κ2) is 9.00. The largest absolute Gasteiger partial charge is 0.468 e. The van der Waals surface area contributed by atoms with Crippen molar-refractivity contribution in [1.82, 2.24) is 15.1 Å². The number of nitro groups is 1. The van der Waals surface area contributed by atoms with Gasteiger partial charge in [-0.3, -0.25) is 9.69 Å². The number of nitrogens with one attached hydrogen (secondary N) is 1. The summed E-state index contributed by atoms with van der Waals surface area (Å²) in [5, 5.41) is 16.4. The van der Waals surface area contributed by atoms with Crippen molar-refractivity contribution in [3.63, 3.8) is 0 Å². The number of esters is 1. The Kier molecular flexibility index (Phi) is 6.22. The van der Waals surface area contributed by atoms with Gasteiger partial charge in [-0.1, -0.05) is 30.3 Å². The standard InChI is InChI=1S/C18H21N5O5/c1-27-17(24)16(10-14-6-3-2-4-7-14)22-12-19-18(20-23(25)26)21(13-22)11-15-8-5-9-28-15/h2-9,16H,10-13H2,1H3,(H,19,20). The Balaban J connectivity index is 1.81. The van der Waals surface area contributed by atoms with Crippen molar-refractivity contribution >= 4 is 11.9 Å². The number of carbonyl (C=O) groups is 1. The Labute approximate surface area is 161 Å². The van der Waals surface area contributed by atoms with E-state index in [-0.39, 0.29) is 31.8 Å². The summed E-state index contributed by atoms with van der Waals surface area (Å²) >= 11 is 0. The van der Waals surface area contributed by atoms with Crippen LogP contribution in [0.25, 0.3) is 0 Å². The van der Waals surface area contributed by atoms with E-state index in [0.29, 0.717) is 12.2 Å². The molecule has 1 unspecified atom stereocenters. The lowest BCUT2D eigenvalue weighted by atomic mass is 10.0. The van der Waals surface area contributed by atoms with Crippen molar-refractivity contribution in [2.24, 2.45) is 5.10 Å². The fraction of sp³-hybridized carbons (Fsp3) is 0.333. The van der Waals surface area contributed by atoms with Gasteiger partial charge in [-0.25, -0.2) is 10.1 Å². The van der Waals surface area contributed by atoms with Gasteiger partial charge in [0, 0.05) is 0 Å². The summed E-state index contributed by atoms with van der Waals surface area (Å²) in [7, 11) is 1.35. The number of hydrazone groups is 1. The molecule has 0 spiro atoms. The van der Waals surface area contributed by atoms with E-state index in [9.17, 15) is 14.9 Å². The molecule has 148 valence electrons. The molecule has 1 aromatic carbocycles. The van der Waals surface area contributed by atoms with E-state index in [1.54, 1.807) is 17.0 Å². The van der Waals surface area contributed by atoms with Crippen LogP contribution in [0.15, 0.2) is 58.2 Å². The lowest BCUT2D eigenvalue weighted by Crippen LogP contribution is -2.61. The molecule has 1 aliphatic rings. The van der Waals surface area contributed by atoms with E-state index >= 15 is 0 Å². The molecule has 2 heterocycles. The first-order valence-corrected chi connectivity index (χ1v) is 8.67. The van der Waals surface area contributed by atoms with Crippen LogP contribution in [0.2, 0.25) is 0 Å². The van der Waals surface area contributed by atoms with Gasteiger partial charge in [0.1, 0.15) is 16.9 Å². The minimum Gasteiger partial charge on any atom is -0.468 e. The Bertz CT molecular complexity index is 824. The summed E-state index contributed by atoms with van der Waals surface area (Å²) in [6.45, 7) is 0.726. The third-order valence-corrected chi connectivity index (χ3v) is 4.38. The van der Waals surface area contributed by atoms with E-state index in [2.05, 4.69) is 10.4 Å². The maximum Gasteiger partial charge on any atom is 0.323 e. The van der Waals surface area contributed by atoms with E-state index in [1.807, 2.05) is 35.2 Å². The van der Waals surface area contributed by atoms with Gasteiger partial charge in [-0.05, 0) is 24.1 Å². The van der Waals surface area contributed by atoms with E-state index < -0.39 is 11.1 Å². The van der Waals surface area contributed by atoms with Crippen LogP contribution >= 0.6 is 0 Å². The van der Waals surface area contributed by atoms with Gasteiger partial charge in [-0.2, -0.15) is 0 Å². The second-order valence-corrected chi connectivity index (χ2v) is 6.23. The molecule has 0 bridgehead atoms.